The maximum Gasteiger partial charge on any atom is 0.293 e. The summed E-state index contributed by atoms with van der Waals surface area (Å²) in [6, 6.07) is 37.6. The highest BCUT2D eigenvalue weighted by atomic mass is 32.2. The summed E-state index contributed by atoms with van der Waals surface area (Å²) in [5.41, 5.74) is 5.42. The maximum atomic E-state index is 13.7. The van der Waals surface area contributed by atoms with Gasteiger partial charge in [0.15, 0.2) is 5.82 Å². The molecule has 7 rings (SSSR count). The number of rotatable bonds is 16. The Labute approximate surface area is 348 Å². The molecule has 1 saturated heterocycles. The average Bonchev–Trinajstić information content (AvgIpc) is 3.25. The number of hydrogen-bond acceptors (Lipinski definition) is 12. The lowest BCUT2D eigenvalue weighted by atomic mass is 9.98. The predicted octanol–water partition coefficient (Wildman–Crippen LogP) is 7.72. The first-order valence-electron chi connectivity index (χ1n) is 19.3. The summed E-state index contributed by atoms with van der Waals surface area (Å²) >= 11 is 1.65. The Morgan fingerprint density at radius 2 is 1.69 bits per heavy atom. The number of piperazine rings is 1. The Kier molecular flexibility index (Phi) is 13.0. The van der Waals surface area contributed by atoms with Gasteiger partial charge in [0.2, 0.25) is 0 Å². The Balaban J connectivity index is 1.02. The van der Waals surface area contributed by atoms with Gasteiger partial charge >= 0.3 is 0 Å². The molecule has 2 N–H and O–H groups in total. The van der Waals surface area contributed by atoms with Gasteiger partial charge in [0.1, 0.15) is 12.0 Å². The molecule has 1 fully saturated rings. The summed E-state index contributed by atoms with van der Waals surface area (Å²) in [6.07, 6.45) is 2.03. The number of benzene rings is 5. The first-order chi connectivity index (χ1) is 28.6. The zero-order valence-electron chi connectivity index (χ0n) is 32.9. The van der Waals surface area contributed by atoms with E-state index in [1.54, 1.807) is 17.8 Å². The number of nitrogens with zero attached hydrogens (tertiary/aromatic N) is 7. The van der Waals surface area contributed by atoms with Crippen molar-refractivity contribution in [3.63, 3.8) is 0 Å². The summed E-state index contributed by atoms with van der Waals surface area (Å²) in [5, 5.41) is 25.5. The molecule has 5 aromatic carbocycles. The van der Waals surface area contributed by atoms with Crippen molar-refractivity contribution >= 4 is 55.6 Å². The van der Waals surface area contributed by atoms with Crippen LogP contribution in [0.3, 0.4) is 0 Å². The molecular weight excluding hydrogens is 783 g/mol. The molecule has 302 valence electrons. The fourth-order valence-electron chi connectivity index (χ4n) is 7.11. The zero-order chi connectivity index (χ0) is 41.4. The number of anilines is 3. The Bertz CT molecular complexity index is 2580. The van der Waals surface area contributed by atoms with Crippen LogP contribution in [0, 0.1) is 21.4 Å². The molecule has 15 heteroatoms. The van der Waals surface area contributed by atoms with E-state index in [4.69, 9.17) is 0 Å². The third kappa shape index (κ3) is 10.3. The number of nitriles is 1. The molecule has 0 amide bonds. The minimum atomic E-state index is -4.27. The van der Waals surface area contributed by atoms with Crippen LogP contribution in [0.4, 0.5) is 22.9 Å². The number of thioether (sulfide) groups is 1. The Morgan fingerprint density at radius 3 is 2.46 bits per heavy atom. The van der Waals surface area contributed by atoms with Crippen LogP contribution in [0.1, 0.15) is 17.5 Å². The van der Waals surface area contributed by atoms with Crippen molar-refractivity contribution in [2.24, 2.45) is 0 Å². The molecule has 1 aromatic heterocycles. The highest BCUT2D eigenvalue weighted by molar-refractivity contribution is 7.99. The third-order valence-corrected chi connectivity index (χ3v) is 12.8. The number of nitro groups is 1. The van der Waals surface area contributed by atoms with Crippen molar-refractivity contribution in [3.05, 3.63) is 143 Å². The molecule has 1 aliphatic heterocycles. The number of hydrogen-bond donors (Lipinski definition) is 2. The van der Waals surface area contributed by atoms with Gasteiger partial charge < -0.3 is 15.1 Å². The van der Waals surface area contributed by atoms with Crippen LogP contribution < -0.4 is 14.9 Å². The molecule has 0 aliphatic carbocycles. The molecule has 6 aromatic rings. The van der Waals surface area contributed by atoms with Crippen LogP contribution in [0.5, 0.6) is 0 Å². The van der Waals surface area contributed by atoms with Crippen molar-refractivity contribution in [1.82, 2.24) is 19.8 Å². The monoisotopic (exact) mass is 827 g/mol. The molecule has 0 spiro atoms. The summed E-state index contributed by atoms with van der Waals surface area (Å²) < 4.78 is 30.1. The number of sulfonamides is 1. The van der Waals surface area contributed by atoms with Gasteiger partial charge in [-0.05, 0) is 98.3 Å². The molecule has 1 aliphatic rings. The van der Waals surface area contributed by atoms with Crippen molar-refractivity contribution in [2.75, 3.05) is 67.5 Å². The van der Waals surface area contributed by atoms with Gasteiger partial charge in [-0.3, -0.25) is 19.7 Å². The van der Waals surface area contributed by atoms with Crippen LogP contribution in [0.2, 0.25) is 0 Å². The molecule has 0 saturated carbocycles. The van der Waals surface area contributed by atoms with Gasteiger partial charge in [-0.1, -0.05) is 54.6 Å². The van der Waals surface area contributed by atoms with Crippen LogP contribution >= 0.6 is 11.8 Å². The van der Waals surface area contributed by atoms with Gasteiger partial charge in [0.05, 0.1) is 27.0 Å². The molecule has 0 unspecified atom stereocenters. The van der Waals surface area contributed by atoms with Gasteiger partial charge in [-0.25, -0.2) is 18.4 Å². The molecule has 2 heterocycles. The van der Waals surface area contributed by atoms with E-state index in [-0.39, 0.29) is 28.1 Å². The topological polar surface area (TPSA) is 161 Å². The van der Waals surface area contributed by atoms with Crippen LogP contribution in [0.15, 0.2) is 131 Å². The van der Waals surface area contributed by atoms with Crippen LogP contribution in [-0.2, 0) is 16.6 Å². The zero-order valence-corrected chi connectivity index (χ0v) is 34.5. The van der Waals surface area contributed by atoms with E-state index in [1.807, 2.05) is 93.0 Å². The van der Waals surface area contributed by atoms with Crippen molar-refractivity contribution in [3.8, 4) is 17.2 Å². The smallest absolute Gasteiger partial charge is 0.293 e. The molecule has 0 radical (unpaired) electrons. The molecule has 59 heavy (non-hydrogen) atoms. The predicted molar refractivity (Wildman–Crippen MR) is 235 cm³/mol. The fourth-order valence-corrected chi connectivity index (χ4v) is 9.15. The van der Waals surface area contributed by atoms with E-state index in [2.05, 4.69) is 52.9 Å². The van der Waals surface area contributed by atoms with Crippen molar-refractivity contribution in [1.29, 1.82) is 5.26 Å². The van der Waals surface area contributed by atoms with E-state index in [0.717, 1.165) is 73.5 Å². The largest absolute Gasteiger partial charge is 0.376 e. The quantitative estimate of drug-likeness (QED) is 0.0556. The van der Waals surface area contributed by atoms with Crippen LogP contribution in [0.25, 0.3) is 22.0 Å². The first-order valence-corrected chi connectivity index (χ1v) is 21.7. The second-order valence-electron chi connectivity index (χ2n) is 14.6. The fraction of sp³-hybridized carbons (Fsp3) is 0.250. The second-order valence-corrected chi connectivity index (χ2v) is 17.4. The Hall–Kier alpha value is -6.05. The molecule has 1 atom stereocenters. The SMILES string of the molecule is CN(C)CC[C@H](CSc1ccccc1)Nc1ccc(S(=O)(=O)Nc2ncnc3cc(N4CCN(Cc5ccccc5-c5cccc(C#N)c5)CC4)ccc23)cc1[N+](=O)[O-]. The second kappa shape index (κ2) is 18.7. The summed E-state index contributed by atoms with van der Waals surface area (Å²) in [5.74, 6) is 0.739. The summed E-state index contributed by atoms with van der Waals surface area (Å²) in [7, 11) is -0.327. The number of nitro benzene ring substituents is 1. The van der Waals surface area contributed by atoms with Gasteiger partial charge in [0.25, 0.3) is 15.7 Å². The Morgan fingerprint density at radius 1 is 0.915 bits per heavy atom. The lowest BCUT2D eigenvalue weighted by Crippen LogP contribution is -2.46. The lowest BCUT2D eigenvalue weighted by molar-refractivity contribution is -0.384. The number of aromatic nitrogens is 2. The average molecular weight is 828 g/mol. The van der Waals surface area contributed by atoms with Crippen LogP contribution in [-0.4, -0.2) is 91.7 Å². The van der Waals surface area contributed by atoms with Crippen molar-refractivity contribution < 1.29 is 13.3 Å². The van der Waals surface area contributed by atoms with Gasteiger partial charge in [0, 0.05) is 66.6 Å². The van der Waals surface area contributed by atoms with Gasteiger partial charge in [-0.2, -0.15) is 5.26 Å². The van der Waals surface area contributed by atoms with Gasteiger partial charge in [-0.15, -0.1) is 11.8 Å². The molecule has 13 nitrogen and oxygen atoms in total. The van der Waals surface area contributed by atoms with E-state index in [0.29, 0.717) is 22.2 Å². The lowest BCUT2D eigenvalue weighted by Gasteiger charge is -2.36. The third-order valence-electron chi connectivity index (χ3n) is 10.3. The van der Waals surface area contributed by atoms with E-state index < -0.39 is 14.9 Å². The first kappa shape index (κ1) is 41.1. The van der Waals surface area contributed by atoms with Crippen molar-refractivity contribution in [2.45, 2.75) is 28.8 Å². The summed E-state index contributed by atoms with van der Waals surface area (Å²) in [4.78, 5) is 28.0. The minimum absolute atomic E-state index is 0.0804. The number of nitrogens with one attached hydrogen (secondary N) is 2. The summed E-state index contributed by atoms with van der Waals surface area (Å²) in [6.45, 7) is 4.79. The van der Waals surface area contributed by atoms with E-state index in [9.17, 15) is 23.8 Å². The normalized spacial score (nSPS) is 13.9. The van der Waals surface area contributed by atoms with E-state index in [1.165, 1.54) is 24.0 Å². The molecule has 0 bridgehead atoms. The number of fused-ring (bicyclic) bond motifs is 1. The minimum Gasteiger partial charge on any atom is -0.376 e. The highest BCUT2D eigenvalue weighted by Gasteiger charge is 2.25. The van der Waals surface area contributed by atoms with E-state index >= 15 is 0 Å². The highest BCUT2D eigenvalue weighted by Crippen LogP contribution is 2.33. The maximum absolute atomic E-state index is 13.7. The molecular formula is C44H45N9O4S2. The standard InChI is InChI=1S/C44H45N9O4S2/c1-50(2)20-19-35(30-58-37-12-4-3-5-13-37)48-41-18-16-38(27-43(41)53(54)55)59(56,57)49-44-40-17-15-36(26-42(40)46-31-47-44)52-23-21-51(22-24-52)29-34-10-6-7-14-39(34)33-11-8-9-32(25-33)28-45/h3-18,25-27,31,35,48H,19-24,29-30H2,1-2H3,(H,46,47,49)/t35-/m1/s1.